The first-order valence-corrected chi connectivity index (χ1v) is 8.38. The highest BCUT2D eigenvalue weighted by molar-refractivity contribution is 7.99. The SMILES string of the molecule is COc1cccc(NC(=O)N[C@@H]2CSc3ccccc3NC2=O)c1. The zero-order valence-electron chi connectivity index (χ0n) is 13.0. The van der Waals surface area contributed by atoms with Crippen LogP contribution < -0.4 is 20.7 Å². The maximum absolute atomic E-state index is 12.3. The van der Waals surface area contributed by atoms with E-state index in [1.165, 1.54) is 11.8 Å². The summed E-state index contributed by atoms with van der Waals surface area (Å²) < 4.78 is 5.12. The van der Waals surface area contributed by atoms with Crippen LogP contribution in [-0.2, 0) is 4.79 Å². The van der Waals surface area contributed by atoms with Gasteiger partial charge < -0.3 is 20.7 Å². The molecule has 0 bridgehead atoms. The molecule has 3 amide bonds. The molecule has 0 aliphatic carbocycles. The molecule has 124 valence electrons. The standard InChI is InChI=1S/C17H17N3O3S/c1-23-12-6-4-5-11(9-12)18-17(22)20-14-10-24-15-8-3-2-7-13(15)19-16(14)21/h2-9,14H,10H2,1H3,(H,19,21)(H2,18,20,22)/t14-/m1/s1. The van der Waals surface area contributed by atoms with Crippen LogP contribution in [0.3, 0.4) is 0 Å². The Morgan fingerprint density at radius 1 is 1.25 bits per heavy atom. The van der Waals surface area contributed by atoms with Crippen molar-refractivity contribution in [2.24, 2.45) is 0 Å². The number of ether oxygens (including phenoxy) is 1. The Morgan fingerprint density at radius 3 is 2.92 bits per heavy atom. The van der Waals surface area contributed by atoms with Crippen LogP contribution in [0.1, 0.15) is 0 Å². The van der Waals surface area contributed by atoms with E-state index in [9.17, 15) is 9.59 Å². The Labute approximate surface area is 144 Å². The van der Waals surface area contributed by atoms with E-state index in [0.29, 0.717) is 17.2 Å². The molecule has 0 radical (unpaired) electrons. The van der Waals surface area contributed by atoms with Gasteiger partial charge in [-0.2, -0.15) is 0 Å². The van der Waals surface area contributed by atoms with Crippen molar-refractivity contribution in [3.05, 3.63) is 48.5 Å². The van der Waals surface area contributed by atoms with Crippen LogP contribution >= 0.6 is 11.8 Å². The van der Waals surface area contributed by atoms with Crippen LogP contribution in [0.25, 0.3) is 0 Å². The predicted molar refractivity (Wildman–Crippen MR) is 94.7 cm³/mol. The molecule has 3 N–H and O–H groups in total. The largest absolute Gasteiger partial charge is 0.497 e. The Balaban J connectivity index is 1.63. The molecule has 2 aromatic carbocycles. The molecule has 7 heteroatoms. The highest BCUT2D eigenvalue weighted by Crippen LogP contribution is 2.30. The van der Waals surface area contributed by atoms with Crippen molar-refractivity contribution in [1.82, 2.24) is 5.32 Å². The van der Waals surface area contributed by atoms with Gasteiger partial charge in [0.15, 0.2) is 0 Å². The zero-order chi connectivity index (χ0) is 16.9. The molecular weight excluding hydrogens is 326 g/mol. The number of urea groups is 1. The minimum Gasteiger partial charge on any atom is -0.497 e. The molecule has 0 fully saturated rings. The Morgan fingerprint density at radius 2 is 2.08 bits per heavy atom. The van der Waals surface area contributed by atoms with Crippen molar-refractivity contribution in [2.45, 2.75) is 10.9 Å². The van der Waals surface area contributed by atoms with Crippen molar-refractivity contribution >= 4 is 35.1 Å². The van der Waals surface area contributed by atoms with Crippen LogP contribution in [0.15, 0.2) is 53.4 Å². The molecule has 1 atom stereocenters. The molecule has 6 nitrogen and oxygen atoms in total. The van der Waals surface area contributed by atoms with Crippen molar-refractivity contribution in [3.63, 3.8) is 0 Å². The lowest BCUT2D eigenvalue weighted by Gasteiger charge is -2.15. The van der Waals surface area contributed by atoms with E-state index in [1.54, 1.807) is 31.4 Å². The normalized spacial score (nSPS) is 16.4. The van der Waals surface area contributed by atoms with E-state index in [-0.39, 0.29) is 5.91 Å². The van der Waals surface area contributed by atoms with E-state index < -0.39 is 12.1 Å². The van der Waals surface area contributed by atoms with Crippen LogP contribution in [0.5, 0.6) is 5.75 Å². The maximum Gasteiger partial charge on any atom is 0.319 e. The number of para-hydroxylation sites is 1. The van der Waals surface area contributed by atoms with Gasteiger partial charge in [-0.05, 0) is 24.3 Å². The molecule has 0 saturated heterocycles. The molecule has 24 heavy (non-hydrogen) atoms. The molecule has 0 saturated carbocycles. The second-order valence-corrected chi connectivity index (χ2v) is 6.24. The summed E-state index contributed by atoms with van der Waals surface area (Å²) in [4.78, 5) is 25.4. The third kappa shape index (κ3) is 3.80. The van der Waals surface area contributed by atoms with Crippen molar-refractivity contribution in [1.29, 1.82) is 0 Å². The topological polar surface area (TPSA) is 79.5 Å². The molecule has 1 heterocycles. The van der Waals surface area contributed by atoms with Gasteiger partial charge in [0.25, 0.3) is 0 Å². The van der Waals surface area contributed by atoms with Gasteiger partial charge in [-0.1, -0.05) is 18.2 Å². The van der Waals surface area contributed by atoms with E-state index in [4.69, 9.17) is 4.74 Å². The van der Waals surface area contributed by atoms with Gasteiger partial charge in [0.1, 0.15) is 11.8 Å². The number of carbonyl (C=O) groups is 2. The number of hydrogen-bond acceptors (Lipinski definition) is 4. The lowest BCUT2D eigenvalue weighted by atomic mass is 10.2. The minimum absolute atomic E-state index is 0.228. The minimum atomic E-state index is -0.618. The highest BCUT2D eigenvalue weighted by Gasteiger charge is 2.25. The monoisotopic (exact) mass is 343 g/mol. The van der Waals surface area contributed by atoms with Gasteiger partial charge in [-0.25, -0.2) is 4.79 Å². The summed E-state index contributed by atoms with van der Waals surface area (Å²) in [7, 11) is 1.56. The van der Waals surface area contributed by atoms with E-state index in [1.807, 2.05) is 24.3 Å². The van der Waals surface area contributed by atoms with Gasteiger partial charge in [0, 0.05) is 22.4 Å². The molecule has 0 spiro atoms. The van der Waals surface area contributed by atoms with E-state index >= 15 is 0 Å². The summed E-state index contributed by atoms with van der Waals surface area (Å²) in [6, 6.07) is 13.5. The fraction of sp³-hybridized carbons (Fsp3) is 0.176. The fourth-order valence-corrected chi connectivity index (χ4v) is 3.33. The molecule has 3 rings (SSSR count). The number of thioether (sulfide) groups is 1. The predicted octanol–water partition coefficient (Wildman–Crippen LogP) is 2.93. The number of methoxy groups -OCH3 is 1. The second kappa shape index (κ2) is 7.27. The van der Waals surface area contributed by atoms with Crippen molar-refractivity contribution in [2.75, 3.05) is 23.5 Å². The third-order valence-corrected chi connectivity index (χ3v) is 4.67. The zero-order valence-corrected chi connectivity index (χ0v) is 13.9. The van der Waals surface area contributed by atoms with Crippen LogP contribution in [-0.4, -0.2) is 30.8 Å². The smallest absolute Gasteiger partial charge is 0.319 e. The molecule has 0 unspecified atom stereocenters. The summed E-state index contributed by atoms with van der Waals surface area (Å²) in [6.07, 6.45) is 0. The number of nitrogens with one attached hydrogen (secondary N) is 3. The van der Waals surface area contributed by atoms with Gasteiger partial charge in [-0.15, -0.1) is 11.8 Å². The molecule has 0 aromatic heterocycles. The first-order chi connectivity index (χ1) is 11.7. The molecule has 2 aromatic rings. The van der Waals surface area contributed by atoms with Gasteiger partial charge >= 0.3 is 6.03 Å². The van der Waals surface area contributed by atoms with Crippen LogP contribution in [0.2, 0.25) is 0 Å². The molecule has 1 aliphatic heterocycles. The Bertz CT molecular complexity index is 766. The average Bonchev–Trinajstić information content (AvgIpc) is 2.74. The molecule has 1 aliphatic rings. The average molecular weight is 343 g/mol. The summed E-state index contributed by atoms with van der Waals surface area (Å²) in [5.74, 6) is 0.883. The number of anilines is 2. The second-order valence-electron chi connectivity index (χ2n) is 5.18. The number of fused-ring (bicyclic) bond motifs is 1. The lowest BCUT2D eigenvalue weighted by molar-refractivity contribution is -0.117. The summed E-state index contributed by atoms with van der Waals surface area (Å²) in [5.41, 5.74) is 1.36. The van der Waals surface area contributed by atoms with E-state index in [2.05, 4.69) is 16.0 Å². The number of benzene rings is 2. The first-order valence-electron chi connectivity index (χ1n) is 7.40. The Kier molecular flexibility index (Phi) is 4.90. The lowest BCUT2D eigenvalue weighted by Crippen LogP contribution is -2.46. The van der Waals surface area contributed by atoms with Crippen molar-refractivity contribution in [3.8, 4) is 5.75 Å². The first kappa shape index (κ1) is 16.2. The molecular formula is C17H17N3O3S. The van der Waals surface area contributed by atoms with Crippen molar-refractivity contribution < 1.29 is 14.3 Å². The number of carbonyl (C=O) groups excluding carboxylic acids is 2. The maximum atomic E-state index is 12.3. The van der Waals surface area contributed by atoms with Gasteiger partial charge in [-0.3, -0.25) is 4.79 Å². The third-order valence-electron chi connectivity index (χ3n) is 3.50. The number of amides is 3. The quantitative estimate of drug-likeness (QED) is 0.800. The summed E-state index contributed by atoms with van der Waals surface area (Å²) in [5, 5.41) is 8.25. The fourth-order valence-electron chi connectivity index (χ4n) is 2.30. The Hall–Kier alpha value is -2.67. The highest BCUT2D eigenvalue weighted by atomic mass is 32.2. The summed E-state index contributed by atoms with van der Waals surface area (Å²) in [6.45, 7) is 0. The number of hydrogen-bond donors (Lipinski definition) is 3. The number of rotatable bonds is 3. The van der Waals surface area contributed by atoms with Crippen LogP contribution in [0.4, 0.5) is 16.2 Å². The van der Waals surface area contributed by atoms with Gasteiger partial charge in [0.05, 0.1) is 12.8 Å². The van der Waals surface area contributed by atoms with Crippen LogP contribution in [0, 0.1) is 0 Å². The van der Waals surface area contributed by atoms with E-state index in [0.717, 1.165) is 10.6 Å². The van der Waals surface area contributed by atoms with Gasteiger partial charge in [0.2, 0.25) is 5.91 Å². The summed E-state index contributed by atoms with van der Waals surface area (Å²) >= 11 is 1.53.